The Kier molecular flexibility index (Phi) is 5.93. The van der Waals surface area contributed by atoms with Crippen LogP contribution in [0.25, 0.3) is 0 Å². The van der Waals surface area contributed by atoms with Gasteiger partial charge in [0, 0.05) is 19.0 Å². The van der Waals surface area contributed by atoms with Gasteiger partial charge in [-0.2, -0.15) is 0 Å². The number of rotatable bonds is 5. The number of hydrogen-bond donors (Lipinski definition) is 0. The van der Waals surface area contributed by atoms with E-state index in [1.165, 1.54) is 27.8 Å². The largest absolute Gasteiger partial charge is 0.494 e. The van der Waals surface area contributed by atoms with Crippen molar-refractivity contribution < 1.29 is 9.31 Å². The smallest absolute Gasteiger partial charge is 0.399 e. The predicted molar refractivity (Wildman–Crippen MR) is 130 cm³/mol. The second-order valence-corrected chi connectivity index (χ2v) is 10.3. The fourth-order valence-corrected chi connectivity index (χ4v) is 4.71. The molecule has 0 aromatic heterocycles. The lowest BCUT2D eigenvalue weighted by Crippen LogP contribution is -2.41. The van der Waals surface area contributed by atoms with Crippen molar-refractivity contribution >= 4 is 12.6 Å². The van der Waals surface area contributed by atoms with Crippen molar-refractivity contribution in [1.82, 2.24) is 4.90 Å². The van der Waals surface area contributed by atoms with Gasteiger partial charge < -0.3 is 14.2 Å². The van der Waals surface area contributed by atoms with Gasteiger partial charge in [-0.3, -0.25) is 0 Å². The summed E-state index contributed by atoms with van der Waals surface area (Å²) >= 11 is 0. The molecule has 0 N–H and O–H groups in total. The summed E-state index contributed by atoms with van der Waals surface area (Å²) in [6.45, 7) is 16.5. The van der Waals surface area contributed by atoms with Crippen LogP contribution in [0.2, 0.25) is 0 Å². The van der Waals surface area contributed by atoms with Crippen LogP contribution in [0.5, 0.6) is 0 Å². The number of benzene rings is 2. The van der Waals surface area contributed by atoms with Gasteiger partial charge in [0.25, 0.3) is 0 Å². The minimum Gasteiger partial charge on any atom is -0.399 e. The SMILES string of the molecule is C=CCCc1cc(C2CN(C)Cc3cc(B4OC(C)(C)C(C)(C)O4)ccc32)ccc1C. The van der Waals surface area contributed by atoms with Gasteiger partial charge in [-0.05, 0) is 87.8 Å². The summed E-state index contributed by atoms with van der Waals surface area (Å²) in [6, 6.07) is 13.8. The van der Waals surface area contributed by atoms with E-state index in [-0.39, 0.29) is 18.3 Å². The Hall–Kier alpha value is -1.88. The molecule has 0 saturated carbocycles. The molecular formula is C27H36BNO2. The Bertz CT molecular complexity index is 965. The van der Waals surface area contributed by atoms with Crippen LogP contribution < -0.4 is 5.46 Å². The molecule has 0 amide bonds. The van der Waals surface area contributed by atoms with Crippen LogP contribution in [-0.2, 0) is 22.3 Å². The maximum Gasteiger partial charge on any atom is 0.494 e. The van der Waals surface area contributed by atoms with Gasteiger partial charge in [0.1, 0.15) is 0 Å². The van der Waals surface area contributed by atoms with Crippen molar-refractivity contribution in [2.45, 2.75) is 71.1 Å². The number of nitrogens with zero attached hydrogens (tertiary/aromatic N) is 1. The topological polar surface area (TPSA) is 21.7 Å². The van der Waals surface area contributed by atoms with E-state index >= 15 is 0 Å². The van der Waals surface area contributed by atoms with Crippen molar-refractivity contribution in [1.29, 1.82) is 0 Å². The van der Waals surface area contributed by atoms with Crippen LogP contribution in [0.15, 0.2) is 49.1 Å². The van der Waals surface area contributed by atoms with E-state index in [0.29, 0.717) is 5.92 Å². The van der Waals surface area contributed by atoms with E-state index in [2.05, 4.69) is 89.5 Å². The summed E-state index contributed by atoms with van der Waals surface area (Å²) in [5, 5.41) is 0. The van der Waals surface area contributed by atoms with Crippen LogP contribution >= 0.6 is 0 Å². The molecule has 2 aliphatic rings. The van der Waals surface area contributed by atoms with Crippen LogP contribution in [0.4, 0.5) is 0 Å². The molecule has 0 spiro atoms. The normalized spacial score (nSPS) is 22.4. The van der Waals surface area contributed by atoms with Gasteiger partial charge in [-0.1, -0.05) is 42.5 Å². The molecule has 31 heavy (non-hydrogen) atoms. The van der Waals surface area contributed by atoms with Gasteiger partial charge in [0.2, 0.25) is 0 Å². The lowest BCUT2D eigenvalue weighted by Gasteiger charge is -2.33. The highest BCUT2D eigenvalue weighted by molar-refractivity contribution is 6.62. The fourth-order valence-electron chi connectivity index (χ4n) is 4.71. The Morgan fingerprint density at radius 1 is 1.10 bits per heavy atom. The van der Waals surface area contributed by atoms with Crippen molar-refractivity contribution in [2.24, 2.45) is 0 Å². The summed E-state index contributed by atoms with van der Waals surface area (Å²) in [5.74, 6) is 0.379. The summed E-state index contributed by atoms with van der Waals surface area (Å²) < 4.78 is 12.6. The number of hydrogen-bond acceptors (Lipinski definition) is 3. The van der Waals surface area contributed by atoms with Gasteiger partial charge >= 0.3 is 7.12 Å². The van der Waals surface area contributed by atoms with Gasteiger partial charge in [0.15, 0.2) is 0 Å². The third kappa shape index (κ3) is 4.26. The van der Waals surface area contributed by atoms with Crippen molar-refractivity contribution in [3.8, 4) is 0 Å². The molecule has 3 nitrogen and oxygen atoms in total. The minimum atomic E-state index is -0.323. The van der Waals surface area contributed by atoms with E-state index in [1.54, 1.807) is 0 Å². The average molecular weight is 417 g/mol. The van der Waals surface area contributed by atoms with E-state index in [0.717, 1.165) is 31.4 Å². The predicted octanol–water partition coefficient (Wildman–Crippen LogP) is 4.99. The molecule has 2 aromatic rings. The molecule has 1 unspecified atom stereocenters. The molecule has 4 heteroatoms. The molecule has 1 saturated heterocycles. The maximum atomic E-state index is 6.30. The molecule has 2 aliphatic heterocycles. The third-order valence-corrected chi connectivity index (χ3v) is 7.40. The Labute approximate surface area is 188 Å². The standard InChI is InChI=1S/C27H36BNO2/c1-8-9-10-20-15-21(12-11-19(20)2)25-18-29(7)17-22-16-23(13-14-24(22)25)28-30-26(3,4)27(5,6)31-28/h8,11-16,25H,1,9-10,17-18H2,2-7H3. The first-order chi connectivity index (χ1) is 14.6. The first-order valence-corrected chi connectivity index (χ1v) is 11.5. The molecule has 0 aliphatic carbocycles. The molecule has 164 valence electrons. The Balaban J connectivity index is 1.66. The lowest BCUT2D eigenvalue weighted by atomic mass is 9.75. The number of fused-ring (bicyclic) bond motifs is 1. The number of aryl methyl sites for hydroxylation is 2. The first kappa shape index (κ1) is 22.3. The first-order valence-electron chi connectivity index (χ1n) is 11.5. The van der Waals surface area contributed by atoms with Gasteiger partial charge in [0.05, 0.1) is 11.2 Å². The lowest BCUT2D eigenvalue weighted by molar-refractivity contribution is 0.00578. The molecule has 0 bridgehead atoms. The molecule has 2 aromatic carbocycles. The van der Waals surface area contributed by atoms with Crippen LogP contribution in [0, 0.1) is 6.92 Å². The zero-order chi connectivity index (χ0) is 22.4. The monoisotopic (exact) mass is 417 g/mol. The summed E-state index contributed by atoms with van der Waals surface area (Å²) in [6.07, 6.45) is 4.08. The molecule has 2 heterocycles. The second kappa shape index (κ2) is 8.24. The summed E-state index contributed by atoms with van der Waals surface area (Å²) in [4.78, 5) is 2.42. The Morgan fingerprint density at radius 2 is 1.81 bits per heavy atom. The van der Waals surface area contributed by atoms with E-state index in [4.69, 9.17) is 9.31 Å². The highest BCUT2D eigenvalue weighted by atomic mass is 16.7. The second-order valence-electron chi connectivity index (χ2n) is 10.3. The zero-order valence-corrected chi connectivity index (χ0v) is 20.0. The number of allylic oxidation sites excluding steroid dienone is 1. The summed E-state index contributed by atoms with van der Waals surface area (Å²) in [5.41, 5.74) is 7.47. The molecular weight excluding hydrogens is 381 g/mol. The fraction of sp³-hybridized carbons (Fsp3) is 0.481. The van der Waals surface area contributed by atoms with Crippen LogP contribution in [0.3, 0.4) is 0 Å². The van der Waals surface area contributed by atoms with E-state index < -0.39 is 0 Å². The minimum absolute atomic E-state index is 0.314. The quantitative estimate of drug-likeness (QED) is 0.505. The molecule has 1 fully saturated rings. The van der Waals surface area contributed by atoms with Crippen LogP contribution in [-0.4, -0.2) is 36.8 Å². The Morgan fingerprint density at radius 3 is 2.48 bits per heavy atom. The van der Waals surface area contributed by atoms with Gasteiger partial charge in [-0.15, -0.1) is 6.58 Å². The summed E-state index contributed by atoms with van der Waals surface area (Å²) in [7, 11) is 1.90. The average Bonchev–Trinajstić information content (AvgIpc) is 2.93. The van der Waals surface area contributed by atoms with Crippen molar-refractivity contribution in [3.05, 3.63) is 76.9 Å². The van der Waals surface area contributed by atoms with Crippen LogP contribution in [0.1, 0.15) is 67.9 Å². The highest BCUT2D eigenvalue weighted by Crippen LogP contribution is 2.38. The molecule has 0 radical (unpaired) electrons. The molecule has 4 rings (SSSR count). The molecule has 1 atom stereocenters. The maximum absolute atomic E-state index is 6.30. The van der Waals surface area contributed by atoms with Crippen molar-refractivity contribution in [3.63, 3.8) is 0 Å². The number of likely N-dealkylation sites (N-methyl/N-ethyl adjacent to an activating group) is 1. The van der Waals surface area contributed by atoms with Crippen molar-refractivity contribution in [2.75, 3.05) is 13.6 Å². The van der Waals surface area contributed by atoms with Gasteiger partial charge in [-0.25, -0.2) is 0 Å². The van der Waals surface area contributed by atoms with E-state index in [9.17, 15) is 0 Å². The third-order valence-electron chi connectivity index (χ3n) is 7.40. The zero-order valence-electron chi connectivity index (χ0n) is 20.0. The highest BCUT2D eigenvalue weighted by Gasteiger charge is 2.51. The van der Waals surface area contributed by atoms with E-state index in [1.807, 2.05) is 6.08 Å².